The van der Waals surface area contributed by atoms with Crippen LogP contribution in [-0.2, 0) is 32.7 Å². The summed E-state index contributed by atoms with van der Waals surface area (Å²) >= 11 is 0. The number of phosphoric ester groups is 1. The number of esters is 1. The van der Waals surface area contributed by atoms with Gasteiger partial charge in [0.15, 0.2) is 6.04 Å². The van der Waals surface area contributed by atoms with Gasteiger partial charge in [0, 0.05) is 12.8 Å². The average molecular weight is 756 g/mol. The number of carbonyl (C=O) groups excluding carboxylic acids is 2. The first kappa shape index (κ1) is 49.4. The summed E-state index contributed by atoms with van der Waals surface area (Å²) in [6, 6.07) is -1.56. The van der Waals surface area contributed by atoms with Crippen LogP contribution < -0.4 is 5.32 Å². The SMILES string of the molecule is CC/C=C\C/C=C\C/C=C\CCCCCCCC(=O)NC(COP(=O)(O)OCC(O)COC(=O)CCCCCCC/C=C\CCCCCC)C(=O)O. The minimum Gasteiger partial charge on any atom is -0.480 e. The van der Waals surface area contributed by atoms with Gasteiger partial charge in [-0.1, -0.05) is 120 Å². The second-order valence-corrected chi connectivity index (χ2v) is 14.5. The van der Waals surface area contributed by atoms with Crippen molar-refractivity contribution in [1.82, 2.24) is 5.32 Å². The number of ether oxygens (including phenoxy) is 1. The van der Waals surface area contributed by atoms with Crippen LogP contribution in [0.5, 0.6) is 0 Å². The number of unbranched alkanes of at least 4 members (excludes halogenated alkanes) is 14. The zero-order valence-electron chi connectivity index (χ0n) is 32.1. The highest BCUT2D eigenvalue weighted by molar-refractivity contribution is 7.47. The van der Waals surface area contributed by atoms with Gasteiger partial charge in [0.05, 0.1) is 13.2 Å². The van der Waals surface area contributed by atoms with E-state index in [1.54, 1.807) is 0 Å². The van der Waals surface area contributed by atoms with Crippen molar-refractivity contribution in [3.63, 3.8) is 0 Å². The maximum absolute atomic E-state index is 12.3. The highest BCUT2D eigenvalue weighted by atomic mass is 31.2. The van der Waals surface area contributed by atoms with E-state index in [2.05, 4.69) is 67.8 Å². The lowest BCUT2D eigenvalue weighted by Gasteiger charge is -2.18. The molecule has 0 aliphatic heterocycles. The van der Waals surface area contributed by atoms with Gasteiger partial charge in [-0.2, -0.15) is 0 Å². The van der Waals surface area contributed by atoms with Crippen LogP contribution in [0.4, 0.5) is 0 Å². The first-order valence-corrected chi connectivity index (χ1v) is 21.2. The summed E-state index contributed by atoms with van der Waals surface area (Å²) in [6.07, 6.45) is 37.1. The van der Waals surface area contributed by atoms with Gasteiger partial charge >= 0.3 is 19.8 Å². The third-order valence-corrected chi connectivity index (χ3v) is 9.05. The Morgan fingerprint density at radius 1 is 0.635 bits per heavy atom. The Balaban J connectivity index is 4.00. The number of rotatable bonds is 36. The molecule has 0 bridgehead atoms. The van der Waals surface area contributed by atoms with Gasteiger partial charge in [-0.15, -0.1) is 0 Å². The number of hydrogen-bond acceptors (Lipinski definition) is 8. The Labute approximate surface area is 314 Å². The molecular formula is C40H70NO10P. The molecule has 0 aliphatic carbocycles. The monoisotopic (exact) mass is 755 g/mol. The van der Waals surface area contributed by atoms with Gasteiger partial charge in [-0.3, -0.25) is 18.6 Å². The molecular weight excluding hydrogens is 685 g/mol. The third-order valence-electron chi connectivity index (χ3n) is 8.10. The lowest BCUT2D eigenvalue weighted by molar-refractivity contribution is -0.147. The maximum atomic E-state index is 12.3. The van der Waals surface area contributed by atoms with Crippen molar-refractivity contribution in [2.75, 3.05) is 19.8 Å². The highest BCUT2D eigenvalue weighted by Crippen LogP contribution is 2.43. The van der Waals surface area contributed by atoms with Gasteiger partial charge in [0.2, 0.25) is 5.91 Å². The van der Waals surface area contributed by atoms with Crippen molar-refractivity contribution in [2.24, 2.45) is 0 Å². The Morgan fingerprint density at radius 2 is 1.12 bits per heavy atom. The standard InChI is InChI=1S/C40H70NO10P/c1-3-5-7-9-11-13-15-17-18-20-21-23-25-27-29-31-38(43)41-37(40(45)46)35-51-52(47,48)50-34-36(42)33-49-39(44)32-30-28-26-24-22-19-16-14-12-10-8-6-4-2/h5,7,11,13-14,16-18,36-37,42H,3-4,6,8-10,12,15,19-35H2,1-2H3,(H,41,43)(H,45,46)(H,47,48)/b7-5-,13-11-,16-14-,18-17-. The molecule has 0 aromatic heterocycles. The number of carboxylic acids is 1. The Bertz CT molecular complexity index is 1070. The van der Waals surface area contributed by atoms with E-state index >= 15 is 0 Å². The molecule has 0 saturated heterocycles. The molecule has 4 N–H and O–H groups in total. The number of amides is 1. The van der Waals surface area contributed by atoms with Crippen LogP contribution in [0.25, 0.3) is 0 Å². The summed E-state index contributed by atoms with van der Waals surface area (Å²) in [5, 5.41) is 21.7. The number of phosphoric acid groups is 1. The summed E-state index contributed by atoms with van der Waals surface area (Å²) in [6.45, 7) is 2.42. The van der Waals surface area contributed by atoms with Crippen LogP contribution in [0.3, 0.4) is 0 Å². The quantitative estimate of drug-likeness (QED) is 0.0209. The molecule has 0 rings (SSSR count). The summed E-state index contributed by atoms with van der Waals surface area (Å²) < 4.78 is 26.7. The molecule has 12 heteroatoms. The lowest BCUT2D eigenvalue weighted by Crippen LogP contribution is -2.43. The van der Waals surface area contributed by atoms with E-state index in [1.807, 2.05) is 0 Å². The molecule has 0 aromatic rings. The fourth-order valence-corrected chi connectivity index (χ4v) is 5.80. The topological polar surface area (TPSA) is 169 Å². The number of nitrogens with one attached hydrogen (secondary N) is 1. The zero-order valence-corrected chi connectivity index (χ0v) is 33.0. The Kier molecular flexibility index (Phi) is 33.7. The van der Waals surface area contributed by atoms with E-state index in [9.17, 15) is 34.1 Å². The normalized spacial score (nSPS) is 14.4. The first-order valence-electron chi connectivity index (χ1n) is 19.7. The van der Waals surface area contributed by atoms with Gasteiger partial charge < -0.3 is 25.2 Å². The first-order chi connectivity index (χ1) is 25.1. The number of aliphatic carboxylic acids is 1. The van der Waals surface area contributed by atoms with Crippen LogP contribution in [0.15, 0.2) is 48.6 Å². The van der Waals surface area contributed by atoms with E-state index in [0.717, 1.165) is 89.9 Å². The molecule has 0 fully saturated rings. The second kappa shape index (κ2) is 35.5. The summed E-state index contributed by atoms with van der Waals surface area (Å²) in [4.78, 5) is 45.7. The molecule has 0 aliphatic rings. The molecule has 0 spiro atoms. The van der Waals surface area contributed by atoms with Crippen molar-refractivity contribution in [2.45, 2.75) is 167 Å². The number of carboxylic acid groups (broad SMARTS) is 1. The van der Waals surface area contributed by atoms with Crippen molar-refractivity contribution < 1.29 is 47.8 Å². The van der Waals surface area contributed by atoms with E-state index < -0.39 is 57.6 Å². The van der Waals surface area contributed by atoms with Gasteiger partial charge in [0.1, 0.15) is 12.7 Å². The lowest BCUT2D eigenvalue weighted by atomic mass is 10.1. The third kappa shape index (κ3) is 34.5. The van der Waals surface area contributed by atoms with Crippen molar-refractivity contribution >= 4 is 25.7 Å². The minimum absolute atomic E-state index is 0.124. The second-order valence-electron chi connectivity index (χ2n) is 13.1. The molecule has 0 saturated carbocycles. The Hall–Kier alpha value is -2.56. The zero-order chi connectivity index (χ0) is 38.5. The fourth-order valence-electron chi connectivity index (χ4n) is 5.03. The molecule has 52 heavy (non-hydrogen) atoms. The van der Waals surface area contributed by atoms with Crippen molar-refractivity contribution in [3.05, 3.63) is 48.6 Å². The van der Waals surface area contributed by atoms with E-state index in [0.29, 0.717) is 12.8 Å². The molecule has 3 atom stereocenters. The predicted molar refractivity (Wildman–Crippen MR) is 208 cm³/mol. The van der Waals surface area contributed by atoms with Gasteiger partial charge in [-0.25, -0.2) is 9.36 Å². The predicted octanol–water partition coefficient (Wildman–Crippen LogP) is 9.44. The smallest absolute Gasteiger partial charge is 0.472 e. The van der Waals surface area contributed by atoms with Crippen LogP contribution >= 0.6 is 7.82 Å². The molecule has 0 heterocycles. The number of allylic oxidation sites excluding steroid dienone is 8. The largest absolute Gasteiger partial charge is 0.480 e. The molecule has 0 aromatic carbocycles. The average Bonchev–Trinajstić information content (AvgIpc) is 3.11. The van der Waals surface area contributed by atoms with E-state index in [-0.39, 0.29) is 12.8 Å². The molecule has 0 radical (unpaired) electrons. The van der Waals surface area contributed by atoms with Crippen LogP contribution in [-0.4, -0.2) is 64.9 Å². The molecule has 1 amide bonds. The summed E-state index contributed by atoms with van der Waals surface area (Å²) in [5.74, 6) is -2.41. The number of aliphatic hydroxyl groups is 1. The molecule has 300 valence electrons. The fraction of sp³-hybridized carbons (Fsp3) is 0.725. The van der Waals surface area contributed by atoms with E-state index in [4.69, 9.17) is 13.8 Å². The summed E-state index contributed by atoms with van der Waals surface area (Å²) in [7, 11) is -4.76. The number of carbonyl (C=O) groups is 3. The minimum atomic E-state index is -4.76. The summed E-state index contributed by atoms with van der Waals surface area (Å²) in [5.41, 5.74) is 0. The van der Waals surface area contributed by atoms with Gasteiger partial charge in [0.25, 0.3) is 0 Å². The van der Waals surface area contributed by atoms with Crippen LogP contribution in [0.1, 0.15) is 155 Å². The van der Waals surface area contributed by atoms with Crippen molar-refractivity contribution in [3.8, 4) is 0 Å². The van der Waals surface area contributed by atoms with E-state index in [1.165, 1.54) is 25.7 Å². The molecule has 3 unspecified atom stereocenters. The van der Waals surface area contributed by atoms with Crippen LogP contribution in [0, 0.1) is 0 Å². The maximum Gasteiger partial charge on any atom is 0.472 e. The number of hydrogen-bond donors (Lipinski definition) is 4. The van der Waals surface area contributed by atoms with Crippen LogP contribution in [0.2, 0.25) is 0 Å². The molecule has 11 nitrogen and oxygen atoms in total. The van der Waals surface area contributed by atoms with Gasteiger partial charge in [-0.05, 0) is 70.6 Å². The highest BCUT2D eigenvalue weighted by Gasteiger charge is 2.28. The Morgan fingerprint density at radius 3 is 1.69 bits per heavy atom. The van der Waals surface area contributed by atoms with Crippen molar-refractivity contribution in [1.29, 1.82) is 0 Å². The number of aliphatic hydroxyl groups excluding tert-OH is 1.